The Kier molecular flexibility index (Phi) is 5.00. The Labute approximate surface area is 137 Å². The van der Waals surface area contributed by atoms with Crippen LogP contribution in [-0.2, 0) is 0 Å². The Bertz CT molecular complexity index is 720. The summed E-state index contributed by atoms with van der Waals surface area (Å²) in [5.74, 6) is 0.330. The molecule has 2 aromatic rings. The van der Waals surface area contributed by atoms with Gasteiger partial charge in [-0.05, 0) is 24.3 Å². The molecule has 0 bridgehead atoms. The maximum absolute atomic E-state index is 12.5. The van der Waals surface area contributed by atoms with Crippen molar-refractivity contribution in [2.24, 2.45) is 0 Å². The summed E-state index contributed by atoms with van der Waals surface area (Å²) >= 11 is 12.0. The van der Waals surface area contributed by atoms with Crippen molar-refractivity contribution in [2.45, 2.75) is 0 Å². The standard InChI is InChI=1S/C15H14Cl2N2O3/c1-21-12-4-3-8(16)5-10(12)15(20)19-14-11(17)6-9(18)7-13(14)22-2/h3-7H,18H2,1-2H3,(H,19,20). The molecule has 0 spiro atoms. The Morgan fingerprint density at radius 1 is 1.09 bits per heavy atom. The van der Waals surface area contributed by atoms with Gasteiger partial charge in [-0.1, -0.05) is 23.2 Å². The summed E-state index contributed by atoms with van der Waals surface area (Å²) < 4.78 is 10.3. The molecule has 0 unspecified atom stereocenters. The van der Waals surface area contributed by atoms with Crippen molar-refractivity contribution in [1.82, 2.24) is 0 Å². The van der Waals surface area contributed by atoms with Crippen molar-refractivity contribution in [3.8, 4) is 11.5 Å². The number of ether oxygens (including phenoxy) is 2. The normalized spacial score (nSPS) is 10.2. The van der Waals surface area contributed by atoms with Crippen LogP contribution in [0.2, 0.25) is 10.0 Å². The summed E-state index contributed by atoms with van der Waals surface area (Å²) in [7, 11) is 2.93. The van der Waals surface area contributed by atoms with E-state index in [2.05, 4.69) is 5.32 Å². The van der Waals surface area contributed by atoms with E-state index in [0.717, 1.165) is 0 Å². The van der Waals surface area contributed by atoms with Gasteiger partial charge in [0.15, 0.2) is 0 Å². The molecule has 1 amide bonds. The van der Waals surface area contributed by atoms with Crippen LogP contribution in [0.3, 0.4) is 0 Å². The quantitative estimate of drug-likeness (QED) is 0.829. The van der Waals surface area contributed by atoms with Gasteiger partial charge in [-0.25, -0.2) is 0 Å². The Morgan fingerprint density at radius 3 is 2.41 bits per heavy atom. The number of anilines is 2. The van der Waals surface area contributed by atoms with E-state index in [0.29, 0.717) is 27.9 Å². The molecule has 5 nitrogen and oxygen atoms in total. The van der Waals surface area contributed by atoms with E-state index in [9.17, 15) is 4.79 Å². The molecule has 116 valence electrons. The molecule has 0 aromatic heterocycles. The first-order valence-corrected chi connectivity index (χ1v) is 6.99. The monoisotopic (exact) mass is 340 g/mol. The third kappa shape index (κ3) is 3.37. The third-order valence-corrected chi connectivity index (χ3v) is 3.47. The highest BCUT2D eigenvalue weighted by Gasteiger charge is 2.17. The van der Waals surface area contributed by atoms with Crippen LogP contribution in [0.5, 0.6) is 11.5 Å². The van der Waals surface area contributed by atoms with Crippen LogP contribution in [0.1, 0.15) is 10.4 Å². The minimum absolute atomic E-state index is 0.270. The molecule has 0 aliphatic carbocycles. The smallest absolute Gasteiger partial charge is 0.259 e. The number of hydrogen-bond donors (Lipinski definition) is 2. The van der Waals surface area contributed by atoms with E-state index in [4.69, 9.17) is 38.4 Å². The first kappa shape index (κ1) is 16.3. The van der Waals surface area contributed by atoms with Gasteiger partial charge in [-0.2, -0.15) is 0 Å². The maximum atomic E-state index is 12.5. The number of carbonyl (C=O) groups is 1. The van der Waals surface area contributed by atoms with Gasteiger partial charge in [-0.3, -0.25) is 4.79 Å². The van der Waals surface area contributed by atoms with Gasteiger partial charge in [0.2, 0.25) is 0 Å². The Hall–Kier alpha value is -2.11. The van der Waals surface area contributed by atoms with Crippen LogP contribution < -0.4 is 20.5 Å². The number of methoxy groups -OCH3 is 2. The van der Waals surface area contributed by atoms with Crippen molar-refractivity contribution in [3.05, 3.63) is 45.9 Å². The second kappa shape index (κ2) is 6.77. The summed E-state index contributed by atoms with van der Waals surface area (Å²) in [6.07, 6.45) is 0. The molecule has 0 atom stereocenters. The van der Waals surface area contributed by atoms with Gasteiger partial charge < -0.3 is 20.5 Å². The van der Waals surface area contributed by atoms with E-state index in [1.165, 1.54) is 26.4 Å². The Morgan fingerprint density at radius 2 is 1.77 bits per heavy atom. The lowest BCUT2D eigenvalue weighted by Gasteiger charge is -2.14. The van der Waals surface area contributed by atoms with Crippen molar-refractivity contribution >= 4 is 40.5 Å². The minimum atomic E-state index is -0.427. The topological polar surface area (TPSA) is 73.6 Å². The highest BCUT2D eigenvalue weighted by molar-refractivity contribution is 6.35. The van der Waals surface area contributed by atoms with Crippen molar-refractivity contribution in [2.75, 3.05) is 25.3 Å². The number of nitrogens with two attached hydrogens (primary N) is 1. The fourth-order valence-electron chi connectivity index (χ4n) is 1.92. The van der Waals surface area contributed by atoms with Crippen molar-refractivity contribution in [1.29, 1.82) is 0 Å². The zero-order chi connectivity index (χ0) is 16.3. The second-order valence-electron chi connectivity index (χ2n) is 4.38. The van der Waals surface area contributed by atoms with E-state index >= 15 is 0 Å². The Balaban J connectivity index is 2.40. The molecule has 0 heterocycles. The number of nitrogens with one attached hydrogen (secondary N) is 1. The van der Waals surface area contributed by atoms with Gasteiger partial charge in [0.25, 0.3) is 5.91 Å². The fraction of sp³-hybridized carbons (Fsp3) is 0.133. The number of benzene rings is 2. The van der Waals surface area contributed by atoms with E-state index in [-0.39, 0.29) is 10.6 Å². The summed E-state index contributed by atoms with van der Waals surface area (Å²) in [6, 6.07) is 7.84. The van der Waals surface area contributed by atoms with Crippen molar-refractivity contribution in [3.63, 3.8) is 0 Å². The lowest BCUT2D eigenvalue weighted by molar-refractivity contribution is 0.102. The average Bonchev–Trinajstić information content (AvgIpc) is 2.49. The van der Waals surface area contributed by atoms with E-state index in [1.54, 1.807) is 18.2 Å². The molecule has 0 fully saturated rings. The van der Waals surface area contributed by atoms with Crippen LogP contribution in [-0.4, -0.2) is 20.1 Å². The van der Waals surface area contributed by atoms with Crippen molar-refractivity contribution < 1.29 is 14.3 Å². The molecular formula is C15H14Cl2N2O3. The van der Waals surface area contributed by atoms with Crippen LogP contribution in [0.4, 0.5) is 11.4 Å². The van der Waals surface area contributed by atoms with Gasteiger partial charge in [0.05, 0.1) is 24.8 Å². The summed E-state index contributed by atoms with van der Waals surface area (Å²) in [4.78, 5) is 12.5. The van der Waals surface area contributed by atoms with Gasteiger partial charge in [-0.15, -0.1) is 0 Å². The predicted molar refractivity (Wildman–Crippen MR) is 88.4 cm³/mol. The summed E-state index contributed by atoms with van der Waals surface area (Å²) in [6.45, 7) is 0. The molecule has 0 radical (unpaired) electrons. The van der Waals surface area contributed by atoms with Crippen LogP contribution in [0.15, 0.2) is 30.3 Å². The molecule has 7 heteroatoms. The van der Waals surface area contributed by atoms with Crippen LogP contribution >= 0.6 is 23.2 Å². The van der Waals surface area contributed by atoms with E-state index < -0.39 is 5.91 Å². The third-order valence-electron chi connectivity index (χ3n) is 2.94. The number of rotatable bonds is 4. The molecule has 0 aliphatic heterocycles. The molecule has 22 heavy (non-hydrogen) atoms. The summed E-state index contributed by atoms with van der Waals surface area (Å²) in [5, 5.41) is 3.37. The number of nitrogen functional groups attached to an aromatic ring is 1. The SMILES string of the molecule is COc1ccc(Cl)cc1C(=O)Nc1c(Cl)cc(N)cc1OC. The summed E-state index contributed by atoms with van der Waals surface area (Å²) in [5.41, 5.74) is 6.73. The molecule has 0 aliphatic rings. The number of amides is 1. The van der Waals surface area contributed by atoms with Gasteiger partial charge in [0.1, 0.15) is 17.2 Å². The number of carbonyl (C=O) groups excluding carboxylic acids is 1. The number of hydrogen-bond acceptors (Lipinski definition) is 4. The van der Waals surface area contributed by atoms with Gasteiger partial charge >= 0.3 is 0 Å². The lowest BCUT2D eigenvalue weighted by Crippen LogP contribution is -2.14. The molecule has 2 aromatic carbocycles. The first-order chi connectivity index (χ1) is 10.5. The molecule has 2 rings (SSSR count). The van der Waals surface area contributed by atoms with Gasteiger partial charge in [0, 0.05) is 16.8 Å². The number of halogens is 2. The van der Waals surface area contributed by atoms with E-state index in [1.807, 2.05) is 0 Å². The fourth-order valence-corrected chi connectivity index (χ4v) is 2.36. The van der Waals surface area contributed by atoms with Crippen LogP contribution in [0, 0.1) is 0 Å². The predicted octanol–water partition coefficient (Wildman–Crippen LogP) is 3.85. The molecule has 0 saturated heterocycles. The highest BCUT2D eigenvalue weighted by Crippen LogP contribution is 2.35. The molecule has 3 N–H and O–H groups in total. The molecular weight excluding hydrogens is 327 g/mol. The zero-order valence-corrected chi connectivity index (χ0v) is 13.5. The molecule has 0 saturated carbocycles. The van der Waals surface area contributed by atoms with Crippen LogP contribution in [0.25, 0.3) is 0 Å². The maximum Gasteiger partial charge on any atom is 0.259 e. The highest BCUT2D eigenvalue weighted by atomic mass is 35.5. The second-order valence-corrected chi connectivity index (χ2v) is 5.22. The minimum Gasteiger partial charge on any atom is -0.496 e. The zero-order valence-electron chi connectivity index (χ0n) is 11.9. The lowest BCUT2D eigenvalue weighted by atomic mass is 10.1. The first-order valence-electron chi connectivity index (χ1n) is 6.24. The average molecular weight is 341 g/mol. The largest absolute Gasteiger partial charge is 0.496 e.